The summed E-state index contributed by atoms with van der Waals surface area (Å²) in [5.41, 5.74) is 0. The summed E-state index contributed by atoms with van der Waals surface area (Å²) in [4.78, 5) is 0. The van der Waals surface area contributed by atoms with Crippen molar-refractivity contribution in [2.45, 2.75) is 43.9 Å². The zero-order valence-corrected chi connectivity index (χ0v) is 13.5. The van der Waals surface area contributed by atoms with Crippen LogP contribution in [-0.4, -0.2) is 45.6 Å². The number of hydrogen-bond acceptors (Lipinski definition) is 5. The molecule has 2 rings (SSSR count). The normalized spacial score (nSPS) is 20.0. The van der Waals surface area contributed by atoms with Gasteiger partial charge >= 0.3 is 0 Å². The molecule has 7 heteroatoms. The Morgan fingerprint density at radius 3 is 2.86 bits per heavy atom. The highest BCUT2D eigenvalue weighted by atomic mass is 32.2. The Hall–Kier alpha value is -0.890. The monoisotopic (exact) mass is 316 g/mol. The average Bonchev–Trinajstić information content (AvgIpc) is 2.95. The van der Waals surface area contributed by atoms with Crippen LogP contribution in [0.15, 0.2) is 21.6 Å². The minimum Gasteiger partial charge on any atom is -0.447 e. The van der Waals surface area contributed by atoms with E-state index in [2.05, 4.69) is 5.32 Å². The molecule has 0 bridgehead atoms. The summed E-state index contributed by atoms with van der Waals surface area (Å²) < 4.78 is 37.2. The van der Waals surface area contributed by atoms with Gasteiger partial charge in [0.25, 0.3) is 10.0 Å². The molecule has 6 nitrogen and oxygen atoms in total. The maximum absolute atomic E-state index is 12.4. The molecule has 0 amide bonds. The Kier molecular flexibility index (Phi) is 5.80. The van der Waals surface area contributed by atoms with Crippen LogP contribution in [0.4, 0.5) is 0 Å². The van der Waals surface area contributed by atoms with E-state index in [1.807, 2.05) is 6.92 Å². The van der Waals surface area contributed by atoms with Crippen molar-refractivity contribution >= 4 is 10.0 Å². The SMILES string of the molecule is CCNCc1ccc(S(=O)(=O)N(C)CC2CCCCO2)o1. The van der Waals surface area contributed by atoms with E-state index in [-0.39, 0.29) is 11.2 Å². The van der Waals surface area contributed by atoms with E-state index in [4.69, 9.17) is 9.15 Å². The molecule has 1 aliphatic heterocycles. The summed E-state index contributed by atoms with van der Waals surface area (Å²) in [5.74, 6) is 0.623. The van der Waals surface area contributed by atoms with Crippen molar-refractivity contribution in [2.75, 3.05) is 26.7 Å². The highest BCUT2D eigenvalue weighted by Gasteiger charge is 2.27. The van der Waals surface area contributed by atoms with Crippen LogP contribution in [0, 0.1) is 0 Å². The van der Waals surface area contributed by atoms with Crippen molar-refractivity contribution in [3.05, 3.63) is 17.9 Å². The molecular weight excluding hydrogens is 292 g/mol. The molecule has 0 spiro atoms. The van der Waals surface area contributed by atoms with Gasteiger partial charge in [0, 0.05) is 20.2 Å². The molecule has 1 aromatic rings. The first-order valence-electron chi connectivity index (χ1n) is 7.41. The quantitative estimate of drug-likeness (QED) is 0.827. The third kappa shape index (κ3) is 4.29. The van der Waals surface area contributed by atoms with Crippen LogP contribution in [0.1, 0.15) is 31.9 Å². The van der Waals surface area contributed by atoms with Gasteiger partial charge in [0.05, 0.1) is 12.6 Å². The molecule has 1 atom stereocenters. The second kappa shape index (κ2) is 7.40. The standard InChI is InChI=1S/C14H24N2O4S/c1-3-15-10-12-7-8-14(20-12)21(17,18)16(2)11-13-6-4-5-9-19-13/h7-8,13,15H,3-6,9-11H2,1-2H3. The van der Waals surface area contributed by atoms with Crippen LogP contribution in [0.3, 0.4) is 0 Å². The smallest absolute Gasteiger partial charge is 0.276 e. The first kappa shape index (κ1) is 16.5. The number of sulfonamides is 1. The Bertz CT molecular complexity index is 535. The van der Waals surface area contributed by atoms with Gasteiger partial charge in [0.2, 0.25) is 5.09 Å². The number of rotatable bonds is 7. The van der Waals surface area contributed by atoms with Crippen molar-refractivity contribution in [1.82, 2.24) is 9.62 Å². The fourth-order valence-corrected chi connectivity index (χ4v) is 3.45. The Labute approximate surface area is 126 Å². The number of likely N-dealkylation sites (N-methyl/N-ethyl adjacent to an activating group) is 1. The predicted octanol–water partition coefficient (Wildman–Crippen LogP) is 1.58. The highest BCUT2D eigenvalue weighted by molar-refractivity contribution is 7.89. The lowest BCUT2D eigenvalue weighted by molar-refractivity contribution is 0.00845. The second-order valence-corrected chi connectivity index (χ2v) is 7.25. The summed E-state index contributed by atoms with van der Waals surface area (Å²) in [5, 5.41) is 3.10. The topological polar surface area (TPSA) is 71.8 Å². The molecule has 1 saturated heterocycles. The third-order valence-electron chi connectivity index (χ3n) is 3.59. The molecule has 21 heavy (non-hydrogen) atoms. The molecule has 2 heterocycles. The van der Waals surface area contributed by atoms with E-state index in [0.717, 1.165) is 25.8 Å². The van der Waals surface area contributed by atoms with Crippen LogP contribution in [0.5, 0.6) is 0 Å². The van der Waals surface area contributed by atoms with Crippen molar-refractivity contribution in [2.24, 2.45) is 0 Å². The Morgan fingerprint density at radius 2 is 2.19 bits per heavy atom. The zero-order valence-electron chi connectivity index (χ0n) is 12.7. The first-order chi connectivity index (χ1) is 10.0. The van der Waals surface area contributed by atoms with Crippen LogP contribution in [0.2, 0.25) is 0 Å². The summed E-state index contributed by atoms with van der Waals surface area (Å²) in [6, 6.07) is 3.21. The summed E-state index contributed by atoms with van der Waals surface area (Å²) in [6.07, 6.45) is 3.03. The number of nitrogens with one attached hydrogen (secondary N) is 1. The third-order valence-corrected chi connectivity index (χ3v) is 5.28. The molecule has 1 unspecified atom stereocenters. The Balaban J connectivity index is 2.00. The first-order valence-corrected chi connectivity index (χ1v) is 8.85. The van der Waals surface area contributed by atoms with E-state index in [1.54, 1.807) is 13.1 Å². The van der Waals surface area contributed by atoms with E-state index in [1.165, 1.54) is 10.4 Å². The summed E-state index contributed by atoms with van der Waals surface area (Å²) in [6.45, 7) is 4.40. The van der Waals surface area contributed by atoms with E-state index >= 15 is 0 Å². The van der Waals surface area contributed by atoms with Gasteiger partial charge in [-0.25, -0.2) is 8.42 Å². The van der Waals surface area contributed by atoms with Crippen LogP contribution in [-0.2, 0) is 21.3 Å². The van der Waals surface area contributed by atoms with Crippen molar-refractivity contribution in [3.8, 4) is 0 Å². The molecule has 1 aromatic heterocycles. The minimum absolute atomic E-state index is 0.00582. The number of hydrogen-bond donors (Lipinski definition) is 1. The maximum atomic E-state index is 12.4. The lowest BCUT2D eigenvalue weighted by Gasteiger charge is -2.26. The fourth-order valence-electron chi connectivity index (χ4n) is 2.33. The maximum Gasteiger partial charge on any atom is 0.276 e. The summed E-state index contributed by atoms with van der Waals surface area (Å²) in [7, 11) is -2.01. The fraction of sp³-hybridized carbons (Fsp3) is 0.714. The predicted molar refractivity (Wildman–Crippen MR) is 79.5 cm³/mol. The largest absolute Gasteiger partial charge is 0.447 e. The molecule has 1 aliphatic rings. The number of ether oxygens (including phenoxy) is 1. The Morgan fingerprint density at radius 1 is 1.38 bits per heavy atom. The molecule has 120 valence electrons. The highest BCUT2D eigenvalue weighted by Crippen LogP contribution is 2.20. The van der Waals surface area contributed by atoms with Gasteiger partial charge in [-0.2, -0.15) is 4.31 Å². The van der Waals surface area contributed by atoms with Gasteiger partial charge < -0.3 is 14.5 Å². The van der Waals surface area contributed by atoms with Crippen LogP contribution < -0.4 is 5.32 Å². The lowest BCUT2D eigenvalue weighted by Crippen LogP contribution is -2.37. The van der Waals surface area contributed by atoms with Gasteiger partial charge in [0.15, 0.2) is 0 Å². The van der Waals surface area contributed by atoms with Gasteiger partial charge in [-0.3, -0.25) is 0 Å². The van der Waals surface area contributed by atoms with E-state index in [9.17, 15) is 8.42 Å². The molecule has 1 fully saturated rings. The van der Waals surface area contributed by atoms with Crippen molar-refractivity contribution in [1.29, 1.82) is 0 Å². The number of furan rings is 1. The van der Waals surface area contributed by atoms with E-state index in [0.29, 0.717) is 25.5 Å². The van der Waals surface area contributed by atoms with Crippen molar-refractivity contribution < 1.29 is 17.6 Å². The molecule has 0 saturated carbocycles. The molecular formula is C14H24N2O4S. The zero-order chi connectivity index (χ0) is 15.3. The molecule has 0 aliphatic carbocycles. The van der Waals surface area contributed by atoms with Gasteiger partial charge in [0.1, 0.15) is 5.76 Å². The lowest BCUT2D eigenvalue weighted by atomic mass is 10.1. The van der Waals surface area contributed by atoms with Gasteiger partial charge in [-0.05, 0) is 37.9 Å². The molecule has 0 aromatic carbocycles. The summed E-state index contributed by atoms with van der Waals surface area (Å²) >= 11 is 0. The van der Waals surface area contributed by atoms with Crippen LogP contribution in [0.25, 0.3) is 0 Å². The second-order valence-electron chi connectivity index (χ2n) is 5.28. The van der Waals surface area contributed by atoms with Crippen molar-refractivity contribution in [3.63, 3.8) is 0 Å². The van der Waals surface area contributed by atoms with Gasteiger partial charge in [-0.15, -0.1) is 0 Å². The minimum atomic E-state index is -3.58. The molecule has 0 radical (unpaired) electrons. The average molecular weight is 316 g/mol. The van der Waals surface area contributed by atoms with E-state index < -0.39 is 10.0 Å². The molecule has 1 N–H and O–H groups in total. The number of nitrogens with zero attached hydrogens (tertiary/aromatic N) is 1. The van der Waals surface area contributed by atoms with Gasteiger partial charge in [-0.1, -0.05) is 6.92 Å². The van der Waals surface area contributed by atoms with Crippen LogP contribution >= 0.6 is 0 Å².